The van der Waals surface area contributed by atoms with Crippen LogP contribution in [0.25, 0.3) is 10.9 Å². The topological polar surface area (TPSA) is 77.1 Å². The zero-order valence-electron chi connectivity index (χ0n) is 11.2. The molecule has 0 aliphatic heterocycles. The highest BCUT2D eigenvalue weighted by atomic mass is 16.3. The number of carbonyl (C=O) groups is 1. The van der Waals surface area contributed by atoms with Gasteiger partial charge in [0.25, 0.3) is 5.56 Å². The van der Waals surface area contributed by atoms with E-state index in [1.807, 2.05) is 0 Å². The highest BCUT2D eigenvalue weighted by Crippen LogP contribution is 2.05. The Morgan fingerprint density at radius 1 is 1.24 bits per heavy atom. The van der Waals surface area contributed by atoms with Crippen LogP contribution < -0.4 is 11.0 Å². The van der Waals surface area contributed by atoms with Crippen molar-refractivity contribution in [2.75, 3.05) is 5.43 Å². The number of aryl methyl sites for hydroxylation is 1. The van der Waals surface area contributed by atoms with Gasteiger partial charge in [-0.3, -0.25) is 15.0 Å². The fraction of sp³-hybridized carbons (Fsp3) is 0.133. The van der Waals surface area contributed by atoms with E-state index < -0.39 is 0 Å². The number of rotatable bonds is 4. The maximum atomic E-state index is 12.2. The molecular weight excluding hydrogens is 270 g/mol. The van der Waals surface area contributed by atoms with Crippen LogP contribution in [0.3, 0.4) is 0 Å². The molecule has 2 aromatic heterocycles. The van der Waals surface area contributed by atoms with Crippen molar-refractivity contribution in [2.24, 2.45) is 0 Å². The maximum absolute atomic E-state index is 12.2. The highest BCUT2D eigenvalue weighted by Gasteiger charge is 2.07. The molecule has 0 radical (unpaired) electrons. The summed E-state index contributed by atoms with van der Waals surface area (Å²) < 4.78 is 6.26. The third-order valence-electron chi connectivity index (χ3n) is 3.09. The van der Waals surface area contributed by atoms with Crippen molar-refractivity contribution < 1.29 is 9.21 Å². The number of fused-ring (bicyclic) bond motifs is 1. The molecule has 3 rings (SSSR count). The predicted octanol–water partition coefficient (Wildman–Crippen LogP) is 1.69. The summed E-state index contributed by atoms with van der Waals surface area (Å²) in [7, 11) is 0. The van der Waals surface area contributed by atoms with Crippen molar-refractivity contribution >= 4 is 16.8 Å². The zero-order valence-corrected chi connectivity index (χ0v) is 11.2. The molecule has 2 heterocycles. The first-order valence-corrected chi connectivity index (χ1v) is 6.53. The summed E-state index contributed by atoms with van der Waals surface area (Å²) in [5.41, 5.74) is 2.83. The van der Waals surface area contributed by atoms with E-state index in [-0.39, 0.29) is 17.9 Å². The molecular formula is C15H13N3O3. The molecule has 0 aliphatic carbocycles. The van der Waals surface area contributed by atoms with Crippen LogP contribution in [0.5, 0.6) is 0 Å². The van der Waals surface area contributed by atoms with Crippen LogP contribution in [0.4, 0.5) is 0 Å². The van der Waals surface area contributed by atoms with Crippen LogP contribution >= 0.6 is 0 Å². The van der Waals surface area contributed by atoms with Gasteiger partial charge in [-0.05, 0) is 24.3 Å². The van der Waals surface area contributed by atoms with Gasteiger partial charge in [0.1, 0.15) is 12.1 Å². The molecule has 1 aromatic carbocycles. The van der Waals surface area contributed by atoms with Crippen LogP contribution in [-0.2, 0) is 11.2 Å². The van der Waals surface area contributed by atoms with Crippen LogP contribution in [0.15, 0.2) is 58.2 Å². The van der Waals surface area contributed by atoms with Gasteiger partial charge in [0.2, 0.25) is 5.91 Å². The van der Waals surface area contributed by atoms with E-state index in [2.05, 4.69) is 10.4 Å². The van der Waals surface area contributed by atoms with E-state index in [0.29, 0.717) is 17.3 Å². The number of hydrogen-bond donors (Lipinski definition) is 1. The standard InChI is InChI=1S/C15H13N3O3/c19-14(8-7-11-4-3-9-21-11)17-18-10-16-13-6-2-1-5-12(13)15(18)20/h1-6,9-10H,7-8H2,(H,17,19). The Bertz CT molecular complexity index is 822. The second kappa shape index (κ2) is 5.62. The summed E-state index contributed by atoms with van der Waals surface area (Å²) in [6.45, 7) is 0. The minimum absolute atomic E-state index is 0.229. The Kier molecular flexibility index (Phi) is 3.51. The maximum Gasteiger partial charge on any atom is 0.280 e. The lowest BCUT2D eigenvalue weighted by atomic mass is 10.2. The number of nitrogens with zero attached hydrogens (tertiary/aromatic N) is 2. The molecule has 3 aromatic rings. The quantitative estimate of drug-likeness (QED) is 0.790. The van der Waals surface area contributed by atoms with Gasteiger partial charge in [-0.25, -0.2) is 9.66 Å². The first kappa shape index (κ1) is 13.1. The third-order valence-corrected chi connectivity index (χ3v) is 3.09. The average Bonchev–Trinajstić information content (AvgIpc) is 3.02. The molecule has 0 atom stereocenters. The monoisotopic (exact) mass is 283 g/mol. The summed E-state index contributed by atoms with van der Waals surface area (Å²) in [5.74, 6) is 0.458. The van der Waals surface area contributed by atoms with E-state index >= 15 is 0 Å². The number of nitrogens with one attached hydrogen (secondary N) is 1. The van der Waals surface area contributed by atoms with Crippen molar-refractivity contribution in [2.45, 2.75) is 12.8 Å². The SMILES string of the molecule is O=C(CCc1ccco1)Nn1cnc2ccccc2c1=O. The molecule has 0 unspecified atom stereocenters. The number of benzene rings is 1. The minimum atomic E-state index is -0.299. The number of aromatic nitrogens is 2. The Labute approximate surface area is 120 Å². The molecule has 1 N–H and O–H groups in total. The molecule has 21 heavy (non-hydrogen) atoms. The van der Waals surface area contributed by atoms with Gasteiger partial charge < -0.3 is 4.42 Å². The summed E-state index contributed by atoms with van der Waals surface area (Å²) in [6.07, 6.45) is 3.59. The molecule has 6 heteroatoms. The Hall–Kier alpha value is -2.89. The number of hydrogen-bond acceptors (Lipinski definition) is 4. The van der Waals surface area contributed by atoms with Crippen LogP contribution in [0, 0.1) is 0 Å². The molecule has 0 bridgehead atoms. The summed E-state index contributed by atoms with van der Waals surface area (Å²) in [6, 6.07) is 10.6. The number of para-hydroxylation sites is 1. The normalized spacial score (nSPS) is 10.7. The molecule has 106 valence electrons. The summed E-state index contributed by atoms with van der Waals surface area (Å²) in [4.78, 5) is 28.2. The summed E-state index contributed by atoms with van der Waals surface area (Å²) in [5, 5.41) is 0.464. The van der Waals surface area contributed by atoms with Crippen molar-refractivity contribution in [1.82, 2.24) is 9.66 Å². The highest BCUT2D eigenvalue weighted by molar-refractivity contribution is 5.84. The predicted molar refractivity (Wildman–Crippen MR) is 77.4 cm³/mol. The fourth-order valence-corrected chi connectivity index (χ4v) is 2.03. The van der Waals surface area contributed by atoms with Gasteiger partial charge in [-0.15, -0.1) is 0 Å². The van der Waals surface area contributed by atoms with Crippen molar-refractivity contribution in [1.29, 1.82) is 0 Å². The van der Waals surface area contributed by atoms with Crippen LogP contribution in [0.1, 0.15) is 12.2 Å². The second-order valence-electron chi connectivity index (χ2n) is 4.55. The zero-order chi connectivity index (χ0) is 14.7. The minimum Gasteiger partial charge on any atom is -0.469 e. The largest absolute Gasteiger partial charge is 0.469 e. The van der Waals surface area contributed by atoms with E-state index in [9.17, 15) is 9.59 Å². The lowest BCUT2D eigenvalue weighted by molar-refractivity contribution is -0.117. The number of amides is 1. The lowest BCUT2D eigenvalue weighted by Crippen LogP contribution is -2.33. The Morgan fingerprint density at radius 3 is 2.90 bits per heavy atom. The van der Waals surface area contributed by atoms with Crippen LogP contribution in [-0.4, -0.2) is 15.6 Å². The molecule has 0 saturated heterocycles. The molecule has 0 aliphatic rings. The Morgan fingerprint density at radius 2 is 2.10 bits per heavy atom. The molecule has 0 spiro atoms. The van der Waals surface area contributed by atoms with Gasteiger partial charge in [-0.1, -0.05) is 12.1 Å². The smallest absolute Gasteiger partial charge is 0.280 e. The molecule has 0 saturated carbocycles. The van der Waals surface area contributed by atoms with E-state index in [1.54, 1.807) is 42.7 Å². The van der Waals surface area contributed by atoms with E-state index in [1.165, 1.54) is 6.33 Å². The first-order chi connectivity index (χ1) is 10.2. The van der Waals surface area contributed by atoms with Crippen LogP contribution in [0.2, 0.25) is 0 Å². The lowest BCUT2D eigenvalue weighted by Gasteiger charge is -2.07. The number of furan rings is 1. The first-order valence-electron chi connectivity index (χ1n) is 6.53. The third kappa shape index (κ3) is 2.84. The van der Waals surface area contributed by atoms with Gasteiger partial charge in [-0.2, -0.15) is 0 Å². The van der Waals surface area contributed by atoms with E-state index in [4.69, 9.17) is 4.42 Å². The van der Waals surface area contributed by atoms with Gasteiger partial charge in [0, 0.05) is 12.8 Å². The molecule has 0 fully saturated rings. The van der Waals surface area contributed by atoms with Gasteiger partial charge in [0.15, 0.2) is 0 Å². The average molecular weight is 283 g/mol. The van der Waals surface area contributed by atoms with Crippen molar-refractivity contribution in [3.05, 3.63) is 65.1 Å². The summed E-state index contributed by atoms with van der Waals surface area (Å²) >= 11 is 0. The van der Waals surface area contributed by atoms with E-state index in [0.717, 1.165) is 10.4 Å². The second-order valence-corrected chi connectivity index (χ2v) is 4.55. The van der Waals surface area contributed by atoms with Crippen molar-refractivity contribution in [3.63, 3.8) is 0 Å². The Balaban J connectivity index is 1.74. The fourth-order valence-electron chi connectivity index (χ4n) is 2.03. The van der Waals surface area contributed by atoms with Gasteiger partial charge >= 0.3 is 0 Å². The number of carbonyl (C=O) groups excluding carboxylic acids is 1. The molecule has 1 amide bonds. The molecule has 6 nitrogen and oxygen atoms in total. The van der Waals surface area contributed by atoms with Gasteiger partial charge in [0.05, 0.1) is 17.2 Å². The van der Waals surface area contributed by atoms with Crippen molar-refractivity contribution in [3.8, 4) is 0 Å².